The molecule has 0 bridgehead atoms. The topological polar surface area (TPSA) is 220 Å². The largest absolute Gasteiger partial charge is 0.478 e. The summed E-state index contributed by atoms with van der Waals surface area (Å²) in [4.78, 5) is 62.1. The number of carbonyl (C=O) groups excluding carboxylic acids is 3. The van der Waals surface area contributed by atoms with Crippen LogP contribution in [-0.2, 0) is 48.1 Å². The van der Waals surface area contributed by atoms with E-state index >= 15 is 0 Å². The predicted octanol–water partition coefficient (Wildman–Crippen LogP) is 15.8. The van der Waals surface area contributed by atoms with E-state index in [1.807, 2.05) is 91.0 Å². The number of aromatic nitrogens is 2. The van der Waals surface area contributed by atoms with Gasteiger partial charge in [0.05, 0.1) is 40.8 Å². The van der Waals surface area contributed by atoms with Gasteiger partial charge in [-0.05, 0) is 216 Å². The zero-order chi connectivity index (χ0) is 73.2. The second kappa shape index (κ2) is 42.3. The zero-order valence-electron chi connectivity index (χ0n) is 60.8. The van der Waals surface area contributed by atoms with Crippen molar-refractivity contribution in [2.24, 2.45) is 23.5 Å². The summed E-state index contributed by atoms with van der Waals surface area (Å²) in [5.41, 5.74) is 16.4. The third-order valence-corrected chi connectivity index (χ3v) is 20.8. The number of carboxylic acid groups (broad SMARTS) is 1. The highest BCUT2D eigenvalue weighted by atomic mass is 16.4. The lowest BCUT2D eigenvalue weighted by Gasteiger charge is -2.36. The van der Waals surface area contributed by atoms with E-state index < -0.39 is 24.2 Å². The minimum Gasteiger partial charge on any atom is -0.478 e. The van der Waals surface area contributed by atoms with Crippen LogP contribution in [-0.4, -0.2) is 110 Å². The molecule has 8 aromatic carbocycles. The lowest BCUT2D eigenvalue weighted by molar-refractivity contribution is -0.128. The lowest BCUT2D eigenvalue weighted by Crippen LogP contribution is -2.52. The summed E-state index contributed by atoms with van der Waals surface area (Å²) in [5.74, 6) is -0.586. The molecule has 12 rings (SSSR count). The van der Waals surface area contributed by atoms with Crippen molar-refractivity contribution in [3.8, 4) is 0 Å². The van der Waals surface area contributed by atoms with Gasteiger partial charge < -0.3 is 37.0 Å². The van der Waals surface area contributed by atoms with Crippen LogP contribution in [0.5, 0.6) is 0 Å². The number of carbonyl (C=O) groups is 4. The van der Waals surface area contributed by atoms with Crippen LogP contribution < -0.4 is 21.7 Å². The highest BCUT2D eigenvalue weighted by molar-refractivity contribution is 5.98. The zero-order valence-corrected chi connectivity index (χ0v) is 60.8. The minimum atomic E-state index is -0.911. The summed E-state index contributed by atoms with van der Waals surface area (Å²) >= 11 is 0. The highest BCUT2D eigenvalue weighted by Gasteiger charge is 2.33. The molecule has 8 N–H and O–H groups in total. The van der Waals surface area contributed by atoms with E-state index in [1.165, 1.54) is 22.3 Å². The lowest BCUT2D eigenvalue weighted by atomic mass is 9.77. The summed E-state index contributed by atoms with van der Waals surface area (Å²) in [6.07, 6.45) is 21.7. The minimum absolute atomic E-state index is 0.0297. The van der Waals surface area contributed by atoms with Gasteiger partial charge in [0.25, 0.3) is 5.91 Å². The van der Waals surface area contributed by atoms with E-state index in [9.17, 15) is 29.4 Å². The number of rotatable bonds is 33. The van der Waals surface area contributed by atoms with Crippen molar-refractivity contribution < 1.29 is 34.5 Å². The molecule has 1 saturated carbocycles. The Labute approximate surface area is 621 Å². The Hall–Kier alpha value is -9.70. The number of nitrogens with one attached hydrogen (secondary N) is 3. The Balaban J connectivity index is 0.000000196. The summed E-state index contributed by atoms with van der Waals surface area (Å²) in [7, 11) is 0. The molecule has 14 heteroatoms. The number of aryl methyl sites for hydroxylation is 4. The van der Waals surface area contributed by atoms with Crippen LogP contribution in [0.4, 0.5) is 0 Å². The number of hydrogen-bond acceptors (Lipinski definition) is 10. The fourth-order valence-electron chi connectivity index (χ4n) is 14.9. The molecule has 10 aromatic rings. The van der Waals surface area contributed by atoms with Crippen molar-refractivity contribution in [2.75, 3.05) is 19.6 Å². The van der Waals surface area contributed by atoms with Gasteiger partial charge >= 0.3 is 5.97 Å². The number of aliphatic hydroxyl groups is 2. The van der Waals surface area contributed by atoms with E-state index in [4.69, 9.17) is 10.8 Å². The Kier molecular flexibility index (Phi) is 31.4. The predicted molar refractivity (Wildman–Crippen MR) is 423 cm³/mol. The first-order chi connectivity index (χ1) is 51.3. The van der Waals surface area contributed by atoms with Crippen LogP contribution in [0.15, 0.2) is 255 Å². The number of pyridine rings is 2. The number of aliphatic hydroxyl groups excluding tert-OH is 2. The first kappa shape index (κ1) is 77.9. The number of β-amino-alcohol motifs (C(OH)–C–C–N with tert-alkyl or cyclic N) is 1. The number of benzene rings is 8. The average Bonchev–Trinajstić information content (AvgIpc) is 0.830. The van der Waals surface area contributed by atoms with Crippen LogP contribution in [0.3, 0.4) is 0 Å². The molecule has 105 heavy (non-hydrogen) atoms. The Bertz CT molecular complexity index is 4110. The molecule has 3 amide bonds. The molecule has 2 aromatic heterocycles. The molecule has 1 saturated heterocycles. The Morgan fingerprint density at radius 1 is 0.457 bits per heavy atom. The quantitative estimate of drug-likeness (QED) is 0.0205. The number of fused-ring (bicyclic) bond motifs is 2. The van der Waals surface area contributed by atoms with Gasteiger partial charge in [-0.1, -0.05) is 207 Å². The number of hydrogen-bond donors (Lipinski definition) is 7. The first-order valence-corrected chi connectivity index (χ1v) is 38.3. The molecule has 3 unspecified atom stereocenters. The van der Waals surface area contributed by atoms with Crippen LogP contribution in [0, 0.1) is 17.8 Å². The van der Waals surface area contributed by atoms with E-state index in [-0.39, 0.29) is 47.7 Å². The number of likely N-dealkylation sites (tertiary alicyclic amines) is 1. The molecule has 14 nitrogen and oxygen atoms in total. The normalized spacial score (nSPS) is 16.3. The summed E-state index contributed by atoms with van der Waals surface area (Å²) in [6, 6.07) is 79.8. The van der Waals surface area contributed by atoms with Crippen LogP contribution >= 0.6 is 0 Å². The van der Waals surface area contributed by atoms with Gasteiger partial charge in [-0.25, -0.2) is 4.79 Å². The number of carboxylic acids is 1. The van der Waals surface area contributed by atoms with Crippen molar-refractivity contribution in [1.82, 2.24) is 30.8 Å². The van der Waals surface area contributed by atoms with Gasteiger partial charge in [-0.15, -0.1) is 0 Å². The van der Waals surface area contributed by atoms with Crippen molar-refractivity contribution in [1.29, 1.82) is 0 Å². The molecular formula is C91H107N7O7. The number of nitrogens with two attached hydrogens (primary N) is 1. The maximum Gasteiger partial charge on any atom is 0.335 e. The van der Waals surface area contributed by atoms with Crippen LogP contribution in [0.2, 0.25) is 0 Å². The van der Waals surface area contributed by atoms with Crippen LogP contribution in [0.25, 0.3) is 21.8 Å². The SMILES string of the molecule is N[C@H](Cc1ccccc1)[C@@H](O)CC1CCCC(C(=O)NC(CCCc2ccccc2)CCCc2ccccc2)C1.O=C(N[C@H](Cc1ccccc1)[C@@H](O)CN1CCCC(C(=O)NC(CCCc2ccccc2)CCCc2ccccc2)C1)c1ccc2ncccc2c1.O=C(O)c1ccc2ncccc2c1. The highest BCUT2D eigenvalue weighted by Crippen LogP contribution is 2.33. The van der Waals surface area contributed by atoms with Gasteiger partial charge in [-0.3, -0.25) is 29.3 Å². The number of piperidine rings is 1. The average molecular weight is 1410 g/mol. The van der Waals surface area contributed by atoms with Gasteiger partial charge in [0.15, 0.2) is 0 Å². The molecule has 0 spiro atoms. The molecule has 1 aliphatic heterocycles. The summed E-state index contributed by atoms with van der Waals surface area (Å²) in [5, 5.41) is 43.1. The molecule has 3 heterocycles. The third-order valence-electron chi connectivity index (χ3n) is 20.8. The van der Waals surface area contributed by atoms with Crippen molar-refractivity contribution >= 4 is 45.5 Å². The van der Waals surface area contributed by atoms with E-state index in [0.29, 0.717) is 49.4 Å². The molecule has 2 aliphatic rings. The molecule has 7 atom stereocenters. The standard InChI is InChI=1S/C45H52N4O3.C36H48N2O2.C10H7NO2/c50-43(42(30-36-18-8-3-9-19-36)48-44(51)38-26-27-41-37(31-38)22-12-28-46-41)33-49-29-13-23-39(32-49)45(52)47-40(24-10-20-34-14-4-1-5-15-34)25-11-21-35-16-6-2-7-17-35;37-34(26-30-17-8-3-9-18-30)35(39)27-31-21-10-22-32(25-31)36(40)38-33(23-11-19-28-13-4-1-5-14-28)24-12-20-29-15-6-2-7-16-29;12-10(13)8-3-4-9-7(6-8)2-1-5-11-9/h1-9,12,14-19,22,26-28,31,39-40,42-43,50H,10-11,13,20-21,23-25,29-30,32-33H2,(H,47,52)(H,48,51);1-9,13-18,31-35,39H,10-12,19-27,37H2,(H,38,40);1-6H,(H,12,13)/t39?,42-,43+;31?,32?,34-,35+;/m11./s1. The number of nitrogens with zero attached hydrogens (tertiary/aromatic N) is 3. The fourth-order valence-corrected chi connectivity index (χ4v) is 14.9. The second-order valence-electron chi connectivity index (χ2n) is 28.9. The molecule has 1 aliphatic carbocycles. The van der Waals surface area contributed by atoms with E-state index in [0.717, 1.165) is 155 Å². The smallest absolute Gasteiger partial charge is 0.335 e. The van der Waals surface area contributed by atoms with Gasteiger partial charge in [0.1, 0.15) is 0 Å². The van der Waals surface area contributed by atoms with Crippen LogP contribution in [0.1, 0.15) is 150 Å². The van der Waals surface area contributed by atoms with Gasteiger partial charge in [0.2, 0.25) is 11.8 Å². The summed E-state index contributed by atoms with van der Waals surface area (Å²) < 4.78 is 0. The van der Waals surface area contributed by atoms with Crippen molar-refractivity contribution in [3.63, 3.8) is 0 Å². The van der Waals surface area contributed by atoms with E-state index in [1.54, 1.807) is 42.7 Å². The van der Waals surface area contributed by atoms with E-state index in [2.05, 4.69) is 152 Å². The van der Waals surface area contributed by atoms with Crippen molar-refractivity contribution in [3.05, 3.63) is 300 Å². The number of amides is 3. The maximum atomic E-state index is 13.8. The number of aromatic carboxylic acids is 1. The Morgan fingerprint density at radius 2 is 0.876 bits per heavy atom. The third kappa shape index (κ3) is 26.4. The van der Waals surface area contributed by atoms with Gasteiger partial charge in [0, 0.05) is 65.9 Å². The monoisotopic (exact) mass is 1410 g/mol. The Morgan fingerprint density at radius 3 is 1.34 bits per heavy atom. The molecular weight excluding hydrogens is 1300 g/mol. The fraction of sp³-hybridized carbons (Fsp3) is 0.363. The first-order valence-electron chi connectivity index (χ1n) is 38.3. The molecule has 548 valence electrons. The van der Waals surface area contributed by atoms with Crippen molar-refractivity contribution in [2.45, 2.75) is 171 Å². The second-order valence-corrected chi connectivity index (χ2v) is 28.9. The summed E-state index contributed by atoms with van der Waals surface area (Å²) in [6.45, 7) is 1.77. The molecule has 0 radical (unpaired) electrons. The maximum absolute atomic E-state index is 13.8. The molecule has 2 fully saturated rings. The van der Waals surface area contributed by atoms with Gasteiger partial charge in [-0.2, -0.15) is 0 Å².